The van der Waals surface area contributed by atoms with Crippen LogP contribution in [0.15, 0.2) is 54.6 Å². The molecule has 1 unspecified atom stereocenters. The Morgan fingerprint density at radius 1 is 1.15 bits per heavy atom. The molecule has 0 saturated heterocycles. The summed E-state index contributed by atoms with van der Waals surface area (Å²) in [7, 11) is 3.12. The number of hydrogen-bond acceptors (Lipinski definition) is 5. The van der Waals surface area contributed by atoms with E-state index in [0.717, 1.165) is 22.2 Å². The number of aliphatic hydroxyl groups is 1. The fourth-order valence-corrected chi connectivity index (χ4v) is 2.83. The van der Waals surface area contributed by atoms with Crippen molar-refractivity contribution >= 4 is 16.8 Å². The summed E-state index contributed by atoms with van der Waals surface area (Å²) < 4.78 is 10.1. The minimum absolute atomic E-state index is 0.112. The van der Waals surface area contributed by atoms with E-state index < -0.39 is 6.10 Å². The molecule has 3 rings (SSSR count). The van der Waals surface area contributed by atoms with Gasteiger partial charge in [-0.3, -0.25) is 4.79 Å². The van der Waals surface area contributed by atoms with Crippen LogP contribution in [0.5, 0.6) is 5.75 Å². The number of aromatic nitrogens is 1. The van der Waals surface area contributed by atoms with Crippen LogP contribution in [0.25, 0.3) is 22.2 Å². The number of nitrogens with zero attached hydrogens (tertiary/aromatic N) is 1. The summed E-state index contributed by atoms with van der Waals surface area (Å²) in [6.45, 7) is 0.273. The third-order valence-electron chi connectivity index (χ3n) is 4.20. The average molecular weight is 366 g/mol. The fraction of sp³-hybridized carbons (Fsp3) is 0.238. The smallest absolute Gasteiger partial charge is 0.252 e. The fourth-order valence-electron chi connectivity index (χ4n) is 2.83. The average Bonchev–Trinajstić information content (AvgIpc) is 2.71. The molecule has 0 spiro atoms. The van der Waals surface area contributed by atoms with Crippen LogP contribution < -0.4 is 10.1 Å². The summed E-state index contributed by atoms with van der Waals surface area (Å²) in [6.07, 6.45) is -0.756. The minimum Gasteiger partial charge on any atom is -0.497 e. The molecule has 0 bridgehead atoms. The van der Waals surface area contributed by atoms with Gasteiger partial charge < -0.3 is 19.9 Å². The molecule has 1 atom stereocenters. The van der Waals surface area contributed by atoms with Gasteiger partial charge in [0, 0.05) is 24.6 Å². The normalized spacial score (nSPS) is 12.0. The van der Waals surface area contributed by atoms with Gasteiger partial charge in [-0.25, -0.2) is 4.98 Å². The lowest BCUT2D eigenvalue weighted by Crippen LogP contribution is -2.34. The Bertz CT molecular complexity index is 925. The van der Waals surface area contributed by atoms with Gasteiger partial charge in [-0.15, -0.1) is 0 Å². The molecule has 1 aromatic heterocycles. The lowest BCUT2D eigenvalue weighted by Gasteiger charge is -2.13. The maximum atomic E-state index is 12.7. The lowest BCUT2D eigenvalue weighted by molar-refractivity contribution is 0.0610. The van der Waals surface area contributed by atoms with E-state index in [9.17, 15) is 9.90 Å². The van der Waals surface area contributed by atoms with Crippen LogP contribution in [-0.4, -0.2) is 49.5 Å². The van der Waals surface area contributed by atoms with Crippen molar-refractivity contribution in [3.63, 3.8) is 0 Å². The number of para-hydroxylation sites is 1. The number of fused-ring (bicyclic) bond motifs is 1. The number of nitrogens with one attached hydrogen (secondary N) is 1. The van der Waals surface area contributed by atoms with Gasteiger partial charge in [-0.05, 0) is 36.4 Å². The lowest BCUT2D eigenvalue weighted by atomic mass is 10.0. The molecule has 0 aliphatic rings. The Balaban J connectivity index is 1.96. The van der Waals surface area contributed by atoms with Gasteiger partial charge in [-0.1, -0.05) is 18.2 Å². The second-order valence-corrected chi connectivity index (χ2v) is 6.12. The van der Waals surface area contributed by atoms with Gasteiger partial charge in [0.25, 0.3) is 5.91 Å². The number of methoxy groups -OCH3 is 2. The predicted molar refractivity (Wildman–Crippen MR) is 104 cm³/mol. The van der Waals surface area contributed by atoms with Gasteiger partial charge in [0.2, 0.25) is 0 Å². The molecule has 0 radical (unpaired) electrons. The summed E-state index contributed by atoms with van der Waals surface area (Å²) in [5, 5.41) is 13.3. The number of aliphatic hydroxyl groups excluding tert-OH is 1. The molecule has 3 aromatic rings. The van der Waals surface area contributed by atoms with Crippen LogP contribution in [0.2, 0.25) is 0 Å². The standard InChI is InChI=1S/C21H22N2O4/c1-26-13-15(24)12-22-21(25)18-11-20(14-7-9-16(27-2)10-8-14)23-19-6-4-3-5-17(18)19/h3-11,15,24H,12-13H2,1-2H3,(H,22,25). The largest absolute Gasteiger partial charge is 0.497 e. The highest BCUT2D eigenvalue weighted by atomic mass is 16.5. The molecular formula is C21H22N2O4. The minimum atomic E-state index is -0.756. The number of rotatable bonds is 7. The molecule has 140 valence electrons. The molecule has 1 heterocycles. The molecular weight excluding hydrogens is 344 g/mol. The Kier molecular flexibility index (Phi) is 6.01. The van der Waals surface area contributed by atoms with Crippen molar-refractivity contribution in [1.29, 1.82) is 0 Å². The first-order chi connectivity index (χ1) is 13.1. The molecule has 0 aliphatic carbocycles. The molecule has 0 aliphatic heterocycles. The zero-order valence-corrected chi connectivity index (χ0v) is 15.3. The monoisotopic (exact) mass is 366 g/mol. The Labute approximate surface area is 157 Å². The van der Waals surface area contributed by atoms with Gasteiger partial charge in [-0.2, -0.15) is 0 Å². The summed E-state index contributed by atoms with van der Waals surface area (Å²) in [4.78, 5) is 17.4. The van der Waals surface area contributed by atoms with E-state index in [1.807, 2.05) is 48.5 Å². The number of hydrogen-bond donors (Lipinski definition) is 2. The van der Waals surface area contributed by atoms with E-state index >= 15 is 0 Å². The molecule has 2 N–H and O–H groups in total. The van der Waals surface area contributed by atoms with Crippen LogP contribution in [0, 0.1) is 0 Å². The Morgan fingerprint density at radius 3 is 2.59 bits per heavy atom. The summed E-state index contributed by atoms with van der Waals surface area (Å²) >= 11 is 0. The van der Waals surface area contributed by atoms with E-state index in [0.29, 0.717) is 11.3 Å². The van der Waals surface area contributed by atoms with E-state index in [-0.39, 0.29) is 19.1 Å². The maximum absolute atomic E-state index is 12.7. The second kappa shape index (κ2) is 8.62. The first kappa shape index (κ1) is 18.8. The first-order valence-corrected chi connectivity index (χ1v) is 8.61. The van der Waals surface area contributed by atoms with Crippen LogP contribution >= 0.6 is 0 Å². The van der Waals surface area contributed by atoms with E-state index in [1.165, 1.54) is 7.11 Å². The highest BCUT2D eigenvalue weighted by Crippen LogP contribution is 2.26. The van der Waals surface area contributed by atoms with Crippen molar-refractivity contribution in [1.82, 2.24) is 10.3 Å². The number of benzene rings is 2. The Hall–Kier alpha value is -2.96. The van der Waals surface area contributed by atoms with Crippen molar-refractivity contribution in [3.8, 4) is 17.0 Å². The Morgan fingerprint density at radius 2 is 1.89 bits per heavy atom. The second-order valence-electron chi connectivity index (χ2n) is 6.12. The number of carbonyl (C=O) groups is 1. The third kappa shape index (κ3) is 4.42. The zero-order valence-electron chi connectivity index (χ0n) is 15.3. The first-order valence-electron chi connectivity index (χ1n) is 8.61. The van der Waals surface area contributed by atoms with Gasteiger partial charge in [0.15, 0.2) is 0 Å². The van der Waals surface area contributed by atoms with Crippen LogP contribution in [0.3, 0.4) is 0 Å². The summed E-state index contributed by atoms with van der Waals surface area (Å²) in [5.41, 5.74) is 2.82. The van der Waals surface area contributed by atoms with Crippen molar-refractivity contribution in [2.24, 2.45) is 0 Å². The van der Waals surface area contributed by atoms with Crippen molar-refractivity contribution in [3.05, 3.63) is 60.2 Å². The molecule has 27 heavy (non-hydrogen) atoms. The highest BCUT2D eigenvalue weighted by Gasteiger charge is 2.15. The molecule has 6 heteroatoms. The van der Waals surface area contributed by atoms with E-state index in [4.69, 9.17) is 9.47 Å². The van der Waals surface area contributed by atoms with E-state index in [2.05, 4.69) is 10.3 Å². The van der Waals surface area contributed by atoms with Crippen LogP contribution in [0.1, 0.15) is 10.4 Å². The van der Waals surface area contributed by atoms with Gasteiger partial charge in [0.1, 0.15) is 5.75 Å². The van der Waals surface area contributed by atoms with Crippen molar-refractivity contribution in [2.45, 2.75) is 6.10 Å². The maximum Gasteiger partial charge on any atom is 0.252 e. The van der Waals surface area contributed by atoms with Crippen molar-refractivity contribution < 1.29 is 19.4 Å². The van der Waals surface area contributed by atoms with Crippen LogP contribution in [-0.2, 0) is 4.74 Å². The number of carbonyl (C=O) groups excluding carboxylic acids is 1. The predicted octanol–water partition coefficient (Wildman–Crippen LogP) is 2.65. The number of amides is 1. The molecule has 0 saturated carbocycles. The molecule has 1 amide bonds. The quantitative estimate of drug-likeness (QED) is 0.672. The SMILES string of the molecule is COCC(O)CNC(=O)c1cc(-c2ccc(OC)cc2)nc2ccccc12. The van der Waals surface area contributed by atoms with Crippen LogP contribution in [0.4, 0.5) is 0 Å². The van der Waals surface area contributed by atoms with E-state index in [1.54, 1.807) is 13.2 Å². The van der Waals surface area contributed by atoms with Gasteiger partial charge >= 0.3 is 0 Å². The molecule has 2 aromatic carbocycles. The number of ether oxygens (including phenoxy) is 2. The third-order valence-corrected chi connectivity index (χ3v) is 4.20. The number of pyridine rings is 1. The van der Waals surface area contributed by atoms with Gasteiger partial charge in [0.05, 0.1) is 36.6 Å². The summed E-state index contributed by atoms with van der Waals surface area (Å²) in [6, 6.07) is 16.8. The molecule has 0 fully saturated rings. The highest BCUT2D eigenvalue weighted by molar-refractivity contribution is 6.07. The topological polar surface area (TPSA) is 80.7 Å². The summed E-state index contributed by atoms with van der Waals surface area (Å²) in [5.74, 6) is 0.489. The zero-order chi connectivity index (χ0) is 19.2. The molecule has 6 nitrogen and oxygen atoms in total. The van der Waals surface area contributed by atoms with Crippen molar-refractivity contribution in [2.75, 3.05) is 27.4 Å².